The Kier molecular flexibility index (Phi) is 6.16. The van der Waals surface area contributed by atoms with Gasteiger partial charge < -0.3 is 0 Å². The lowest BCUT2D eigenvalue weighted by atomic mass is 9.68. The molecular formula is C27H31F. The Bertz CT molecular complexity index is 805. The Hall–Kier alpha value is -2.07. The zero-order valence-corrected chi connectivity index (χ0v) is 17.0. The minimum absolute atomic E-state index is 0.220. The van der Waals surface area contributed by atoms with E-state index in [4.69, 9.17) is 0 Å². The molecule has 0 spiro atoms. The first-order valence-corrected chi connectivity index (χ1v) is 11.0. The van der Waals surface area contributed by atoms with E-state index in [1.165, 1.54) is 69.1 Å². The molecule has 28 heavy (non-hydrogen) atoms. The summed E-state index contributed by atoms with van der Waals surface area (Å²) >= 11 is 0. The molecule has 2 aromatic rings. The summed E-state index contributed by atoms with van der Waals surface area (Å²) in [6.45, 7) is 2.42. The fourth-order valence-electron chi connectivity index (χ4n) is 5.20. The smallest absolute Gasteiger partial charge is 0.123 e. The lowest BCUT2D eigenvalue weighted by molar-refractivity contribution is 0.165. The van der Waals surface area contributed by atoms with Crippen molar-refractivity contribution >= 4 is 0 Å². The van der Waals surface area contributed by atoms with Crippen molar-refractivity contribution in [2.45, 2.75) is 64.2 Å². The summed E-state index contributed by atoms with van der Waals surface area (Å²) in [5.74, 6) is 9.74. The molecule has 0 nitrogen and oxygen atoms in total. The molecule has 1 heteroatoms. The van der Waals surface area contributed by atoms with E-state index in [2.05, 4.69) is 43.0 Å². The fourth-order valence-corrected chi connectivity index (χ4v) is 5.20. The Morgan fingerprint density at radius 2 is 1.11 bits per heavy atom. The van der Waals surface area contributed by atoms with Crippen molar-refractivity contribution in [2.75, 3.05) is 0 Å². The van der Waals surface area contributed by atoms with Gasteiger partial charge in [0.1, 0.15) is 5.82 Å². The van der Waals surface area contributed by atoms with Gasteiger partial charge in [-0.05, 0) is 104 Å². The first kappa shape index (κ1) is 19.3. The highest BCUT2D eigenvalue weighted by Gasteiger charge is 2.30. The van der Waals surface area contributed by atoms with E-state index in [1.54, 1.807) is 12.1 Å². The van der Waals surface area contributed by atoms with E-state index < -0.39 is 0 Å². The van der Waals surface area contributed by atoms with Crippen LogP contribution in [0.3, 0.4) is 0 Å². The van der Waals surface area contributed by atoms with Crippen LogP contribution in [0.4, 0.5) is 4.39 Å². The van der Waals surface area contributed by atoms with E-state index in [9.17, 15) is 4.39 Å². The summed E-state index contributed by atoms with van der Waals surface area (Å²) in [5.41, 5.74) is 3.35. The van der Waals surface area contributed by atoms with E-state index >= 15 is 0 Å². The van der Waals surface area contributed by atoms with E-state index in [0.29, 0.717) is 0 Å². The van der Waals surface area contributed by atoms with Crippen LogP contribution >= 0.6 is 0 Å². The van der Waals surface area contributed by atoms with Crippen molar-refractivity contribution < 1.29 is 4.39 Å². The van der Waals surface area contributed by atoms with Gasteiger partial charge >= 0.3 is 0 Å². The molecule has 0 radical (unpaired) electrons. The third kappa shape index (κ3) is 4.85. The normalized spacial score (nSPS) is 27.6. The van der Waals surface area contributed by atoms with E-state index in [1.807, 2.05) is 0 Å². The summed E-state index contributed by atoms with van der Waals surface area (Å²) in [6, 6.07) is 15.2. The van der Waals surface area contributed by atoms with Crippen LogP contribution in [0.15, 0.2) is 48.5 Å². The zero-order chi connectivity index (χ0) is 19.3. The second kappa shape index (κ2) is 8.95. The van der Waals surface area contributed by atoms with Crippen LogP contribution < -0.4 is 0 Å². The van der Waals surface area contributed by atoms with Gasteiger partial charge in [0.05, 0.1) is 0 Å². The average molecular weight is 375 g/mol. The predicted molar refractivity (Wildman–Crippen MR) is 115 cm³/mol. The van der Waals surface area contributed by atoms with E-state index in [0.717, 1.165) is 34.8 Å². The zero-order valence-electron chi connectivity index (χ0n) is 17.0. The summed E-state index contributed by atoms with van der Waals surface area (Å²) < 4.78 is 13.0. The summed E-state index contributed by atoms with van der Waals surface area (Å²) in [6.07, 6.45) is 11.4. The lowest BCUT2D eigenvalue weighted by Gasteiger charge is -2.37. The molecule has 0 aromatic heterocycles. The molecule has 2 fully saturated rings. The minimum atomic E-state index is -0.220. The van der Waals surface area contributed by atoms with Crippen molar-refractivity contribution in [1.82, 2.24) is 0 Å². The summed E-state index contributed by atoms with van der Waals surface area (Å²) in [7, 11) is 0. The van der Waals surface area contributed by atoms with Gasteiger partial charge in [-0.2, -0.15) is 0 Å². The van der Waals surface area contributed by atoms with E-state index in [-0.39, 0.29) is 5.82 Å². The van der Waals surface area contributed by atoms with Gasteiger partial charge in [0, 0.05) is 11.1 Å². The van der Waals surface area contributed by atoms with Gasteiger partial charge in [-0.3, -0.25) is 0 Å². The lowest BCUT2D eigenvalue weighted by Crippen LogP contribution is -2.24. The quantitative estimate of drug-likeness (QED) is 0.483. The molecule has 4 rings (SSSR count). The molecule has 2 aliphatic rings. The second-order valence-electron chi connectivity index (χ2n) is 9.01. The average Bonchev–Trinajstić information content (AvgIpc) is 2.74. The molecular weight excluding hydrogens is 343 g/mol. The number of benzene rings is 2. The molecule has 2 aromatic carbocycles. The first-order valence-electron chi connectivity index (χ1n) is 11.0. The van der Waals surface area contributed by atoms with Gasteiger partial charge in [0.2, 0.25) is 0 Å². The molecule has 0 aliphatic heterocycles. The van der Waals surface area contributed by atoms with Crippen LogP contribution in [-0.2, 0) is 0 Å². The van der Waals surface area contributed by atoms with Crippen molar-refractivity contribution in [3.8, 4) is 11.8 Å². The number of hydrogen-bond acceptors (Lipinski definition) is 0. The molecule has 146 valence electrons. The van der Waals surface area contributed by atoms with Crippen LogP contribution in [0.2, 0.25) is 0 Å². The maximum Gasteiger partial charge on any atom is 0.123 e. The Balaban J connectivity index is 1.32. The Labute approximate surface area is 169 Å². The molecule has 2 aliphatic carbocycles. The Morgan fingerprint density at radius 3 is 1.64 bits per heavy atom. The van der Waals surface area contributed by atoms with Crippen LogP contribution in [0, 0.1) is 35.4 Å². The first-order chi connectivity index (χ1) is 13.7. The van der Waals surface area contributed by atoms with Gasteiger partial charge in [-0.15, -0.1) is 0 Å². The summed E-state index contributed by atoms with van der Waals surface area (Å²) in [5, 5.41) is 0. The topological polar surface area (TPSA) is 0 Å². The highest BCUT2D eigenvalue weighted by Crippen LogP contribution is 2.43. The highest BCUT2D eigenvalue weighted by molar-refractivity contribution is 5.43. The maximum absolute atomic E-state index is 13.0. The van der Waals surface area contributed by atoms with Crippen molar-refractivity contribution in [3.05, 3.63) is 71.0 Å². The number of halogens is 1. The molecule has 0 heterocycles. The van der Waals surface area contributed by atoms with Crippen molar-refractivity contribution in [3.63, 3.8) is 0 Å². The SMILES string of the molecule is CC1CCC(C2CCC(c3ccc(C#Cc4ccc(F)cc4)cc3)CC2)CC1. The predicted octanol–water partition coefficient (Wildman–Crippen LogP) is 7.33. The monoisotopic (exact) mass is 374 g/mol. The minimum Gasteiger partial charge on any atom is -0.207 e. The number of hydrogen-bond donors (Lipinski definition) is 0. The molecule has 0 atom stereocenters. The standard InChI is InChI=1S/C27H31F/c1-20-2-10-23(11-3-20)25-14-16-26(17-15-25)24-12-6-21(7-13-24)4-5-22-8-18-27(28)19-9-22/h6-9,12-13,18-20,23,25-26H,2-3,10-11,14-17H2,1H3. The van der Waals surface area contributed by atoms with Crippen LogP contribution in [0.25, 0.3) is 0 Å². The molecule has 0 saturated heterocycles. The van der Waals surface area contributed by atoms with Crippen LogP contribution in [0.5, 0.6) is 0 Å². The maximum atomic E-state index is 13.0. The third-order valence-electron chi connectivity index (χ3n) is 7.08. The molecule has 0 amide bonds. The van der Waals surface area contributed by atoms with Crippen molar-refractivity contribution in [1.29, 1.82) is 0 Å². The molecule has 0 N–H and O–H groups in total. The van der Waals surface area contributed by atoms with Gasteiger partial charge in [-0.1, -0.05) is 43.7 Å². The number of rotatable bonds is 2. The summed E-state index contributed by atoms with van der Waals surface area (Å²) in [4.78, 5) is 0. The van der Waals surface area contributed by atoms with Gasteiger partial charge in [0.15, 0.2) is 0 Å². The van der Waals surface area contributed by atoms with Crippen molar-refractivity contribution in [2.24, 2.45) is 17.8 Å². The largest absolute Gasteiger partial charge is 0.207 e. The van der Waals surface area contributed by atoms with Crippen LogP contribution in [0.1, 0.15) is 80.9 Å². The highest BCUT2D eigenvalue weighted by atomic mass is 19.1. The molecule has 2 saturated carbocycles. The van der Waals surface area contributed by atoms with Gasteiger partial charge in [0.25, 0.3) is 0 Å². The van der Waals surface area contributed by atoms with Crippen LogP contribution in [-0.4, -0.2) is 0 Å². The molecule has 0 bridgehead atoms. The Morgan fingerprint density at radius 1 is 0.643 bits per heavy atom. The second-order valence-corrected chi connectivity index (χ2v) is 9.01. The van der Waals surface area contributed by atoms with Gasteiger partial charge in [-0.25, -0.2) is 4.39 Å². The fraction of sp³-hybridized carbons (Fsp3) is 0.481. The molecule has 0 unspecified atom stereocenters. The third-order valence-corrected chi connectivity index (χ3v) is 7.08.